The number of ketones is 1. The third kappa shape index (κ3) is 6.66. The van der Waals surface area contributed by atoms with E-state index in [1.807, 2.05) is 25.1 Å². The summed E-state index contributed by atoms with van der Waals surface area (Å²) >= 11 is 7.96. The average Bonchev–Trinajstić information content (AvgIpc) is 2.79. The molecule has 0 spiro atoms. The number of carbonyl (C=O) groups is 2. The lowest BCUT2D eigenvalue weighted by molar-refractivity contribution is -0.138. The van der Waals surface area contributed by atoms with Gasteiger partial charge >= 0.3 is 5.97 Å². The van der Waals surface area contributed by atoms with Gasteiger partial charge in [0.25, 0.3) is 0 Å². The molecular formula is C25H31ClO5S. The van der Waals surface area contributed by atoms with Crippen LogP contribution in [0.5, 0.6) is 11.5 Å². The zero-order valence-electron chi connectivity index (χ0n) is 19.1. The van der Waals surface area contributed by atoms with Gasteiger partial charge in [0.1, 0.15) is 11.5 Å². The van der Waals surface area contributed by atoms with Gasteiger partial charge in [0.05, 0.1) is 30.2 Å². The Morgan fingerprint density at radius 2 is 1.94 bits per heavy atom. The number of halogens is 1. The Bertz CT molecular complexity index is 944. The van der Waals surface area contributed by atoms with Crippen molar-refractivity contribution < 1.29 is 24.2 Å². The monoisotopic (exact) mass is 478 g/mol. The number of carboxylic acids is 1. The fraction of sp³-hybridized carbons (Fsp3) is 0.440. The summed E-state index contributed by atoms with van der Waals surface area (Å²) in [6, 6.07) is 9.06. The number of Topliss-reactive ketones (excluding diaryl/α,β-unsaturated/α-hetero) is 1. The van der Waals surface area contributed by atoms with Crippen molar-refractivity contribution in [2.45, 2.75) is 57.3 Å². The lowest BCUT2D eigenvalue weighted by Gasteiger charge is -2.17. The minimum absolute atomic E-state index is 0.0581. The second-order valence-electron chi connectivity index (χ2n) is 7.45. The van der Waals surface area contributed by atoms with Gasteiger partial charge in [0.2, 0.25) is 0 Å². The van der Waals surface area contributed by atoms with Crippen LogP contribution in [-0.2, 0) is 11.2 Å². The predicted octanol–water partition coefficient (Wildman–Crippen LogP) is 6.64. The van der Waals surface area contributed by atoms with Gasteiger partial charge in [0.15, 0.2) is 5.78 Å². The van der Waals surface area contributed by atoms with Gasteiger partial charge in [-0.3, -0.25) is 9.59 Å². The molecule has 0 heterocycles. The second kappa shape index (κ2) is 12.8. The van der Waals surface area contributed by atoms with Crippen LogP contribution in [-0.4, -0.2) is 36.3 Å². The number of ether oxygens (including phenoxy) is 2. The minimum Gasteiger partial charge on any atom is -0.496 e. The van der Waals surface area contributed by atoms with Crippen LogP contribution in [0.15, 0.2) is 35.2 Å². The summed E-state index contributed by atoms with van der Waals surface area (Å²) in [6.07, 6.45) is 2.92. The Kier molecular flexibility index (Phi) is 10.4. The fourth-order valence-electron chi connectivity index (χ4n) is 3.34. The van der Waals surface area contributed by atoms with Crippen LogP contribution in [0.25, 0.3) is 0 Å². The van der Waals surface area contributed by atoms with Gasteiger partial charge in [-0.25, -0.2) is 0 Å². The molecule has 1 unspecified atom stereocenters. The van der Waals surface area contributed by atoms with E-state index in [-0.39, 0.29) is 5.78 Å². The van der Waals surface area contributed by atoms with E-state index in [4.69, 9.17) is 26.2 Å². The van der Waals surface area contributed by atoms with Gasteiger partial charge in [-0.15, -0.1) is 11.8 Å². The second-order valence-corrected chi connectivity index (χ2v) is 8.99. The molecule has 0 aliphatic carbocycles. The Balaban J connectivity index is 1.98. The van der Waals surface area contributed by atoms with Crippen LogP contribution in [0.1, 0.15) is 67.4 Å². The van der Waals surface area contributed by atoms with Crippen LogP contribution in [0.3, 0.4) is 0 Å². The fourth-order valence-corrected chi connectivity index (χ4v) is 4.54. The molecule has 32 heavy (non-hydrogen) atoms. The first-order valence-corrected chi connectivity index (χ1v) is 12.2. The highest BCUT2D eigenvalue weighted by molar-refractivity contribution is 7.99. The van der Waals surface area contributed by atoms with Crippen LogP contribution >= 0.6 is 23.4 Å². The number of aliphatic carboxylic acids is 1. The molecule has 2 rings (SSSR count). The molecule has 0 aliphatic rings. The standard InChI is InChI=1S/C25H31ClO5S/c1-5-8-19-22(11-10-18(21(27)6-2)24(19)30-4)31-13-7-14-32-23-12-9-17(15-20(23)26)16(3)25(28)29/h9-12,15-16H,5-8,13-14H2,1-4H3,(H,28,29). The predicted molar refractivity (Wildman–Crippen MR) is 130 cm³/mol. The van der Waals surface area contributed by atoms with E-state index in [1.54, 1.807) is 37.9 Å². The first-order chi connectivity index (χ1) is 15.3. The molecule has 1 atom stereocenters. The molecule has 0 saturated heterocycles. The third-order valence-corrected chi connectivity index (χ3v) is 6.76. The molecule has 0 aromatic heterocycles. The summed E-state index contributed by atoms with van der Waals surface area (Å²) in [5.41, 5.74) is 2.24. The highest BCUT2D eigenvalue weighted by atomic mass is 35.5. The summed E-state index contributed by atoms with van der Waals surface area (Å²) in [5.74, 6) is 0.778. The first-order valence-electron chi connectivity index (χ1n) is 10.8. The Morgan fingerprint density at radius 1 is 1.19 bits per heavy atom. The van der Waals surface area contributed by atoms with Crippen molar-refractivity contribution >= 4 is 35.1 Å². The van der Waals surface area contributed by atoms with Crippen molar-refractivity contribution in [1.82, 2.24) is 0 Å². The molecule has 1 N–H and O–H groups in total. The number of carboxylic acid groups (broad SMARTS) is 1. The minimum atomic E-state index is -0.871. The molecule has 0 radical (unpaired) electrons. The van der Waals surface area contributed by atoms with Crippen LogP contribution in [0, 0.1) is 0 Å². The van der Waals surface area contributed by atoms with E-state index in [0.717, 1.165) is 41.2 Å². The maximum Gasteiger partial charge on any atom is 0.310 e. The molecule has 2 aromatic rings. The summed E-state index contributed by atoms with van der Waals surface area (Å²) in [5, 5.41) is 9.71. The van der Waals surface area contributed by atoms with Crippen molar-refractivity contribution in [3.63, 3.8) is 0 Å². The van der Waals surface area contributed by atoms with Crippen molar-refractivity contribution in [1.29, 1.82) is 0 Å². The molecule has 0 fully saturated rings. The van der Waals surface area contributed by atoms with Gasteiger partial charge in [-0.2, -0.15) is 0 Å². The van der Waals surface area contributed by atoms with E-state index in [0.29, 0.717) is 34.9 Å². The molecular weight excluding hydrogens is 448 g/mol. The van der Waals surface area contributed by atoms with Crippen molar-refractivity contribution in [3.8, 4) is 11.5 Å². The quantitative estimate of drug-likeness (QED) is 0.197. The molecule has 7 heteroatoms. The number of thioether (sulfide) groups is 1. The number of methoxy groups -OCH3 is 1. The molecule has 5 nitrogen and oxygen atoms in total. The molecule has 0 saturated carbocycles. The number of benzene rings is 2. The lowest BCUT2D eigenvalue weighted by atomic mass is 10.00. The number of carbonyl (C=O) groups excluding carboxylic acids is 1. The maximum atomic E-state index is 12.3. The zero-order valence-corrected chi connectivity index (χ0v) is 20.6. The van der Waals surface area contributed by atoms with Crippen molar-refractivity contribution in [2.24, 2.45) is 0 Å². The van der Waals surface area contributed by atoms with Gasteiger partial charge in [-0.05, 0) is 49.6 Å². The Hall–Kier alpha value is -2.18. The average molecular weight is 479 g/mol. The lowest BCUT2D eigenvalue weighted by Crippen LogP contribution is -2.07. The summed E-state index contributed by atoms with van der Waals surface area (Å²) in [4.78, 5) is 24.3. The van der Waals surface area contributed by atoms with E-state index in [9.17, 15) is 9.59 Å². The number of hydrogen-bond acceptors (Lipinski definition) is 5. The molecule has 0 bridgehead atoms. The smallest absolute Gasteiger partial charge is 0.310 e. The van der Waals surface area contributed by atoms with Crippen molar-refractivity contribution in [3.05, 3.63) is 52.0 Å². The van der Waals surface area contributed by atoms with Gasteiger partial charge in [0, 0.05) is 22.6 Å². The SMILES string of the molecule is CCCc1c(OCCCSc2ccc(C(C)C(=O)O)cc2Cl)ccc(C(=O)CC)c1OC. The Labute approximate surface area is 199 Å². The van der Waals surface area contributed by atoms with E-state index in [1.165, 1.54) is 0 Å². The summed E-state index contributed by atoms with van der Waals surface area (Å²) < 4.78 is 11.6. The Morgan fingerprint density at radius 3 is 2.53 bits per heavy atom. The van der Waals surface area contributed by atoms with Crippen LogP contribution < -0.4 is 9.47 Å². The summed E-state index contributed by atoms with van der Waals surface area (Å²) in [7, 11) is 1.59. The maximum absolute atomic E-state index is 12.3. The third-order valence-electron chi connectivity index (χ3n) is 5.17. The normalized spacial score (nSPS) is 11.8. The van der Waals surface area contributed by atoms with Gasteiger partial charge < -0.3 is 14.6 Å². The van der Waals surface area contributed by atoms with Gasteiger partial charge in [-0.1, -0.05) is 37.9 Å². The molecule has 174 valence electrons. The molecule has 0 aliphatic heterocycles. The van der Waals surface area contributed by atoms with E-state index < -0.39 is 11.9 Å². The summed E-state index contributed by atoms with van der Waals surface area (Å²) in [6.45, 7) is 6.10. The van der Waals surface area contributed by atoms with E-state index >= 15 is 0 Å². The van der Waals surface area contributed by atoms with Crippen LogP contribution in [0.2, 0.25) is 5.02 Å². The molecule has 2 aromatic carbocycles. The number of rotatable bonds is 13. The molecule has 0 amide bonds. The number of hydrogen-bond donors (Lipinski definition) is 1. The topological polar surface area (TPSA) is 72.8 Å². The van der Waals surface area contributed by atoms with Crippen LogP contribution in [0.4, 0.5) is 0 Å². The zero-order chi connectivity index (χ0) is 23.7. The highest BCUT2D eigenvalue weighted by Gasteiger charge is 2.19. The highest BCUT2D eigenvalue weighted by Crippen LogP contribution is 2.35. The largest absolute Gasteiger partial charge is 0.496 e. The van der Waals surface area contributed by atoms with Crippen molar-refractivity contribution in [2.75, 3.05) is 19.5 Å². The van der Waals surface area contributed by atoms with E-state index in [2.05, 4.69) is 6.92 Å². The first kappa shape index (κ1) is 26.1.